The summed E-state index contributed by atoms with van der Waals surface area (Å²) in [6.07, 6.45) is 6.32. The van der Waals surface area contributed by atoms with Crippen molar-refractivity contribution in [3.63, 3.8) is 0 Å². The third kappa shape index (κ3) is 4.88. The summed E-state index contributed by atoms with van der Waals surface area (Å²) in [5, 5.41) is 2.10. The van der Waals surface area contributed by atoms with E-state index in [1.54, 1.807) is 11.3 Å². The molecule has 0 N–H and O–H groups in total. The number of piperazine rings is 1. The molecule has 0 bridgehead atoms. The molecule has 1 fully saturated rings. The lowest BCUT2D eigenvalue weighted by molar-refractivity contribution is -0.133. The Morgan fingerprint density at radius 1 is 1.13 bits per heavy atom. The van der Waals surface area contributed by atoms with Crippen molar-refractivity contribution in [2.45, 2.75) is 25.8 Å². The van der Waals surface area contributed by atoms with E-state index in [1.807, 2.05) is 17.3 Å². The number of rotatable bonds is 6. The van der Waals surface area contributed by atoms with Crippen LogP contribution >= 0.6 is 11.3 Å². The molecule has 5 heteroatoms. The minimum Gasteiger partial charge on any atom is -0.340 e. The van der Waals surface area contributed by atoms with Gasteiger partial charge in [0.25, 0.3) is 0 Å². The van der Waals surface area contributed by atoms with E-state index in [1.165, 1.54) is 10.4 Å². The number of carbonyl (C=O) groups excluding carboxylic acids is 1. The van der Waals surface area contributed by atoms with Gasteiger partial charge >= 0.3 is 0 Å². The Hall–Kier alpha value is -1.72. The second-order valence-electron chi connectivity index (χ2n) is 5.95. The molecule has 4 nitrogen and oxygen atoms in total. The van der Waals surface area contributed by atoms with Crippen molar-refractivity contribution in [2.24, 2.45) is 0 Å². The Kier molecular flexibility index (Phi) is 5.77. The van der Waals surface area contributed by atoms with Gasteiger partial charge in [0.05, 0.1) is 0 Å². The third-order valence-electron chi connectivity index (χ3n) is 4.27. The van der Waals surface area contributed by atoms with Gasteiger partial charge in [-0.1, -0.05) is 6.07 Å². The number of aromatic nitrogens is 1. The van der Waals surface area contributed by atoms with Crippen LogP contribution < -0.4 is 0 Å². The van der Waals surface area contributed by atoms with Gasteiger partial charge in [-0.15, -0.1) is 11.3 Å². The van der Waals surface area contributed by atoms with Crippen molar-refractivity contribution in [1.82, 2.24) is 14.8 Å². The smallest absolute Gasteiger partial charge is 0.222 e. The highest BCUT2D eigenvalue weighted by molar-refractivity contribution is 7.09. The molecule has 0 atom stereocenters. The Labute approximate surface area is 141 Å². The first kappa shape index (κ1) is 16.1. The first-order chi connectivity index (χ1) is 11.3. The number of hydrogen-bond donors (Lipinski definition) is 0. The lowest BCUT2D eigenvalue weighted by atomic mass is 10.2. The molecule has 1 saturated heterocycles. The predicted molar refractivity (Wildman–Crippen MR) is 93.4 cm³/mol. The normalized spacial score (nSPS) is 15.7. The second-order valence-corrected chi connectivity index (χ2v) is 6.98. The highest BCUT2D eigenvalue weighted by Crippen LogP contribution is 2.14. The fourth-order valence-electron chi connectivity index (χ4n) is 2.93. The maximum Gasteiger partial charge on any atom is 0.222 e. The van der Waals surface area contributed by atoms with Crippen LogP contribution in [0.4, 0.5) is 0 Å². The number of pyridine rings is 1. The Bertz CT molecular complexity index is 592. The van der Waals surface area contributed by atoms with Gasteiger partial charge in [0, 0.05) is 56.4 Å². The average molecular weight is 329 g/mol. The minimum atomic E-state index is 0.310. The molecule has 2 aromatic rings. The van der Waals surface area contributed by atoms with Crippen LogP contribution in [0.1, 0.15) is 23.3 Å². The van der Waals surface area contributed by atoms with E-state index in [0.717, 1.165) is 45.6 Å². The number of thiophene rings is 1. The van der Waals surface area contributed by atoms with Crippen LogP contribution in [0, 0.1) is 0 Å². The van der Waals surface area contributed by atoms with Crippen LogP contribution in [0.25, 0.3) is 0 Å². The molecule has 1 aliphatic rings. The summed E-state index contributed by atoms with van der Waals surface area (Å²) in [6.45, 7) is 4.56. The maximum absolute atomic E-state index is 12.3. The number of hydrogen-bond acceptors (Lipinski definition) is 4. The van der Waals surface area contributed by atoms with Crippen molar-refractivity contribution >= 4 is 17.2 Å². The summed E-state index contributed by atoms with van der Waals surface area (Å²) in [6, 6.07) is 8.33. The van der Waals surface area contributed by atoms with Gasteiger partial charge in [0.1, 0.15) is 0 Å². The van der Waals surface area contributed by atoms with E-state index >= 15 is 0 Å². The predicted octanol–water partition coefficient (Wildman–Crippen LogP) is 2.81. The summed E-state index contributed by atoms with van der Waals surface area (Å²) < 4.78 is 0. The maximum atomic E-state index is 12.3. The van der Waals surface area contributed by atoms with Crippen molar-refractivity contribution in [2.75, 3.05) is 26.2 Å². The highest BCUT2D eigenvalue weighted by Gasteiger charge is 2.20. The second kappa shape index (κ2) is 8.22. The minimum absolute atomic E-state index is 0.310. The molecule has 1 aliphatic heterocycles. The molecule has 3 heterocycles. The van der Waals surface area contributed by atoms with E-state index in [9.17, 15) is 4.79 Å². The summed E-state index contributed by atoms with van der Waals surface area (Å²) in [7, 11) is 0. The summed E-state index contributed by atoms with van der Waals surface area (Å²) in [5.41, 5.74) is 1.29. The van der Waals surface area contributed by atoms with Crippen LogP contribution in [0.15, 0.2) is 42.0 Å². The van der Waals surface area contributed by atoms with Crippen LogP contribution in [-0.2, 0) is 17.8 Å². The van der Waals surface area contributed by atoms with Gasteiger partial charge in [-0.25, -0.2) is 0 Å². The molecule has 0 aromatic carbocycles. The SMILES string of the molecule is O=C(CCCc1cccs1)N1CCN(Cc2ccncc2)CC1. The zero-order valence-electron chi connectivity index (χ0n) is 13.4. The molecule has 3 rings (SSSR count). The fraction of sp³-hybridized carbons (Fsp3) is 0.444. The molecule has 0 unspecified atom stereocenters. The molecule has 23 heavy (non-hydrogen) atoms. The van der Waals surface area contributed by atoms with E-state index in [2.05, 4.69) is 39.5 Å². The number of amides is 1. The van der Waals surface area contributed by atoms with E-state index < -0.39 is 0 Å². The van der Waals surface area contributed by atoms with Crippen LogP contribution in [0.3, 0.4) is 0 Å². The number of carbonyl (C=O) groups is 1. The molecular formula is C18H23N3OS. The lowest BCUT2D eigenvalue weighted by Crippen LogP contribution is -2.48. The standard InChI is InChI=1S/C18H23N3OS/c22-18(5-1-3-17-4-2-14-23-17)21-12-10-20(11-13-21)15-16-6-8-19-9-7-16/h2,4,6-9,14H,1,3,5,10-13,15H2. The van der Waals surface area contributed by atoms with Crippen molar-refractivity contribution < 1.29 is 4.79 Å². The average Bonchev–Trinajstić information content (AvgIpc) is 3.10. The molecule has 0 aliphatic carbocycles. The largest absolute Gasteiger partial charge is 0.340 e. The van der Waals surface area contributed by atoms with Gasteiger partial charge in [0.15, 0.2) is 0 Å². The molecule has 2 aromatic heterocycles. The molecule has 0 saturated carbocycles. The Balaban J connectivity index is 1.37. The third-order valence-corrected chi connectivity index (χ3v) is 5.21. The van der Waals surface area contributed by atoms with Crippen molar-refractivity contribution in [3.8, 4) is 0 Å². The fourth-order valence-corrected chi connectivity index (χ4v) is 3.68. The van der Waals surface area contributed by atoms with Gasteiger partial charge in [0.2, 0.25) is 5.91 Å². The quantitative estimate of drug-likeness (QED) is 0.818. The van der Waals surface area contributed by atoms with Crippen LogP contribution in [-0.4, -0.2) is 46.9 Å². The lowest BCUT2D eigenvalue weighted by Gasteiger charge is -2.34. The Morgan fingerprint density at radius 2 is 1.91 bits per heavy atom. The monoisotopic (exact) mass is 329 g/mol. The van der Waals surface area contributed by atoms with Gasteiger partial charge in [-0.3, -0.25) is 14.7 Å². The van der Waals surface area contributed by atoms with E-state index in [-0.39, 0.29) is 0 Å². The van der Waals surface area contributed by atoms with Crippen LogP contribution in [0.2, 0.25) is 0 Å². The van der Waals surface area contributed by atoms with E-state index in [4.69, 9.17) is 0 Å². The topological polar surface area (TPSA) is 36.4 Å². The summed E-state index contributed by atoms with van der Waals surface area (Å²) in [5.74, 6) is 0.310. The van der Waals surface area contributed by atoms with Gasteiger partial charge in [-0.2, -0.15) is 0 Å². The van der Waals surface area contributed by atoms with Crippen molar-refractivity contribution in [3.05, 3.63) is 52.5 Å². The zero-order chi connectivity index (χ0) is 15.9. The molecule has 1 amide bonds. The first-order valence-corrected chi connectivity index (χ1v) is 9.10. The van der Waals surface area contributed by atoms with Gasteiger partial charge < -0.3 is 4.90 Å². The molecule has 122 valence electrons. The van der Waals surface area contributed by atoms with Crippen molar-refractivity contribution in [1.29, 1.82) is 0 Å². The Morgan fingerprint density at radius 3 is 2.61 bits per heavy atom. The summed E-state index contributed by atoms with van der Waals surface area (Å²) in [4.78, 5) is 22.2. The molecule has 0 spiro atoms. The number of aryl methyl sites for hydroxylation is 1. The van der Waals surface area contributed by atoms with Gasteiger partial charge in [-0.05, 0) is 42.0 Å². The number of nitrogens with zero attached hydrogens (tertiary/aromatic N) is 3. The molecular weight excluding hydrogens is 306 g/mol. The summed E-state index contributed by atoms with van der Waals surface area (Å²) >= 11 is 1.78. The first-order valence-electron chi connectivity index (χ1n) is 8.23. The van der Waals surface area contributed by atoms with E-state index in [0.29, 0.717) is 12.3 Å². The molecule has 0 radical (unpaired) electrons. The highest BCUT2D eigenvalue weighted by atomic mass is 32.1. The zero-order valence-corrected chi connectivity index (χ0v) is 14.2. The van der Waals surface area contributed by atoms with Crippen LogP contribution in [0.5, 0.6) is 0 Å².